The third kappa shape index (κ3) is 28.0. The molecule has 738 valence electrons. The summed E-state index contributed by atoms with van der Waals surface area (Å²) < 4.78 is 16.3. The van der Waals surface area contributed by atoms with Crippen LogP contribution in [0, 0.1) is 59.3 Å². The van der Waals surface area contributed by atoms with E-state index in [1.807, 2.05) is 124 Å². The number of allylic oxidation sites excluding steroid dienone is 1. The number of hydrogen-bond acceptors (Lipinski definition) is 28. The zero-order chi connectivity index (χ0) is 101. The van der Waals surface area contributed by atoms with E-state index in [1.165, 1.54) is 139 Å². The molecule has 1 aliphatic carbocycles. The van der Waals surface area contributed by atoms with Gasteiger partial charge in [-0.2, -0.15) is 16.4 Å². The average molecular weight is 2070 g/mol. The lowest BCUT2D eigenvalue weighted by atomic mass is 9.87. The van der Waals surface area contributed by atoms with Crippen LogP contribution in [0.25, 0.3) is 0 Å². The molecule has 10 heterocycles. The maximum absolute atomic E-state index is 13.7. The van der Waals surface area contributed by atoms with Crippen molar-refractivity contribution in [3.05, 3.63) is 220 Å². The number of likely N-dealkylation sites (tertiary alicyclic amines) is 1. The number of ether oxygens (including phenoxy) is 2. The van der Waals surface area contributed by atoms with Crippen molar-refractivity contribution < 1.29 is 67.0 Å². The molecule has 5 fully saturated rings. The summed E-state index contributed by atoms with van der Waals surface area (Å²) in [5, 5.41) is 21.1. The molecule has 41 heteroatoms. The topological polar surface area (TPSA) is 367 Å². The quantitative estimate of drug-likeness (QED) is 0.0347. The number of hydrogen-bond donors (Lipinski definition) is 4. The van der Waals surface area contributed by atoms with Gasteiger partial charge in [0.05, 0.1) is 84.3 Å². The van der Waals surface area contributed by atoms with Crippen LogP contribution in [-0.2, 0) is 31.0 Å². The van der Waals surface area contributed by atoms with Gasteiger partial charge in [-0.05, 0) is 192 Å². The van der Waals surface area contributed by atoms with Gasteiger partial charge in [0.1, 0.15) is 11.5 Å². The molecule has 32 nitrogen and oxygen atoms in total. The molecule has 4 aliphatic heterocycles. The summed E-state index contributed by atoms with van der Waals surface area (Å²) >= 11 is 13.1. The first-order valence-electron chi connectivity index (χ1n) is 45.2. The lowest BCUT2D eigenvalue weighted by Gasteiger charge is -2.34. The van der Waals surface area contributed by atoms with Crippen LogP contribution in [0.15, 0.2) is 190 Å². The maximum Gasteiger partial charge on any atom is 0.323 e. The number of benzene rings is 4. The smallest absolute Gasteiger partial charge is 0.323 e. The van der Waals surface area contributed by atoms with E-state index in [-0.39, 0.29) is 94.7 Å². The van der Waals surface area contributed by atoms with Gasteiger partial charge < -0.3 is 54.0 Å². The van der Waals surface area contributed by atoms with Crippen LogP contribution in [0.3, 0.4) is 0 Å². The minimum absolute atomic E-state index is 0.0296. The summed E-state index contributed by atoms with van der Waals surface area (Å²) in [6.45, 7) is 36.9. The van der Waals surface area contributed by atoms with Gasteiger partial charge in [0.25, 0.3) is 35.4 Å². The van der Waals surface area contributed by atoms with Crippen molar-refractivity contribution in [1.29, 1.82) is 0 Å². The molecule has 15 rings (SSSR count). The summed E-state index contributed by atoms with van der Waals surface area (Å²) in [4.78, 5) is 186. The third-order valence-electron chi connectivity index (χ3n) is 23.7. The predicted molar refractivity (Wildman–Crippen MR) is 555 cm³/mol. The number of thiazole rings is 4. The number of rotatable bonds is 27. The number of anilines is 4. The number of ketones is 1. The van der Waals surface area contributed by atoms with Crippen LogP contribution in [0.2, 0.25) is 0 Å². The number of nitrogens with zero attached hydrogens (tertiary/aromatic N) is 14. The second-order valence-electron chi connectivity index (χ2n) is 33.9. The number of piperazine rings is 2. The molecule has 4 N–H and O–H groups in total. The highest BCUT2D eigenvalue weighted by Crippen LogP contribution is 2.44. The van der Waals surface area contributed by atoms with Gasteiger partial charge in [0.2, 0.25) is 23.6 Å². The molecule has 1 unspecified atom stereocenters. The molecule has 3 atom stereocenters. The van der Waals surface area contributed by atoms with E-state index < -0.39 is 0 Å². The largest absolute Gasteiger partial charge is 0.496 e. The summed E-state index contributed by atoms with van der Waals surface area (Å²) in [6.07, 6.45) is 20.2. The number of methoxy groups -OCH3 is 2. The number of nitrogens with one attached hydrogen (secondary N) is 4. The molecule has 0 radical (unpaired) electrons. The van der Waals surface area contributed by atoms with Crippen LogP contribution < -0.4 is 30.7 Å². The number of carbonyl (C=O) groups excluding carboxylic acids is 12. The minimum Gasteiger partial charge on any atom is -0.496 e. The fraction of sp³-hybridized carbons (Fsp3) is 0.364. The fourth-order valence-electron chi connectivity index (χ4n) is 15.8. The first kappa shape index (κ1) is 107. The lowest BCUT2D eigenvalue weighted by Crippen LogP contribution is -2.50. The fourth-order valence-corrected chi connectivity index (χ4v) is 24.2. The average Bonchev–Trinajstić information content (AvgIpc) is 1.29. The van der Waals surface area contributed by atoms with Crippen molar-refractivity contribution in [2.75, 3.05) is 135 Å². The van der Waals surface area contributed by atoms with E-state index in [4.69, 9.17) is 9.47 Å². The maximum atomic E-state index is 13.7. The Kier molecular flexibility index (Phi) is 38.0. The zero-order valence-electron chi connectivity index (χ0n) is 80.3. The number of urea groups is 1. The van der Waals surface area contributed by atoms with E-state index in [0.29, 0.717) is 157 Å². The van der Waals surface area contributed by atoms with Crippen molar-refractivity contribution in [3.8, 4) is 11.5 Å². The van der Waals surface area contributed by atoms with Crippen LogP contribution in [0.1, 0.15) is 148 Å². The molecular weight excluding hydrogens is 1950 g/mol. The van der Waals surface area contributed by atoms with Crippen molar-refractivity contribution in [2.24, 2.45) is 24.8 Å². The molecule has 4 saturated heterocycles. The van der Waals surface area contributed by atoms with Crippen LogP contribution in [0.5, 0.6) is 11.5 Å². The first-order chi connectivity index (χ1) is 67.1. The van der Waals surface area contributed by atoms with Crippen molar-refractivity contribution in [1.82, 2.24) is 68.9 Å². The Hall–Kier alpha value is -12.1. The minimum atomic E-state index is -0.265. The highest BCUT2D eigenvalue weighted by atomic mass is 32.2. The van der Waals surface area contributed by atoms with E-state index in [0.717, 1.165) is 102 Å². The van der Waals surface area contributed by atoms with E-state index >= 15 is 0 Å². The number of thiophene rings is 1. The molecule has 4 aromatic carbocycles. The second kappa shape index (κ2) is 49.8. The Bertz CT molecular complexity index is 6280. The number of amides is 12. The standard InChI is InChI=1S/C26H32N4O4S2.C25H32N4O4S2.C24H26N6O3S2.C24H24N4O3S3/c1-5-18-15-29(10-7-11-30(18)22(31)6-2)25(33)19-13-21(16(3)12-20(19)34-4)35-23-14-27-26(36-23)28-24(32)17-8-9-17;1-7-19(30)17-9-8-10-29(14-16(17)3)23(31)18-12-21(15(2)11-20(18)33-6)34-22-13-26-24(35-22)27-25(32)28(4)5;1-5-20(31)29-6-8-30(9-7-29)23(33)18-11-19(16(3)10-15(18)2)34-21-13-25-24(35-21)27-22(32)17-12-26-28(4)14-17;1-4-20(29)27-6-8-28(9-7-27)23(31)18-12-19(16(3)11-15(18)2)33-21-13-25-24(34-21)26-22(30)17-5-10-32-14-17/h6,12-14,17-18H,2,5,7-11,15H2,1,3-4H3,(H,27,28,32);7,11-13,16-17H,1,8-10,14H2,2-6H3,(H,26,27,32);5,10-14H,1,6-9H2,2-4H3,(H,25,27,32);4-5,10-14H,1,6-9H2,2-3H3,(H,25,26,30)/t18-;16-,17?;;/m11../s1. The zero-order valence-corrected chi connectivity index (χ0v) is 87.7. The normalized spacial score (nSPS) is 15.8. The van der Waals surface area contributed by atoms with E-state index in [1.54, 1.807) is 102 Å². The lowest BCUT2D eigenvalue weighted by molar-refractivity contribution is -0.128. The van der Waals surface area contributed by atoms with E-state index in [9.17, 15) is 57.5 Å². The molecule has 10 aromatic rings. The number of aromatic nitrogens is 6. The van der Waals surface area contributed by atoms with Gasteiger partial charge in [-0.15, -0.1) is 0 Å². The molecule has 6 aromatic heterocycles. The van der Waals surface area contributed by atoms with Crippen LogP contribution in [-0.4, -0.2) is 259 Å². The highest BCUT2D eigenvalue weighted by Gasteiger charge is 2.36. The van der Waals surface area contributed by atoms with E-state index in [2.05, 4.69) is 72.6 Å². The Morgan fingerprint density at radius 1 is 0.464 bits per heavy atom. The SMILES string of the molecule is C=CC(=O)C1CCCN(C(=O)c2cc(Sc3cnc(NC(=O)N(C)C)s3)c(C)cc2OC)C[C@H]1C.C=CC(=O)N1CCCN(C(=O)c2cc(Sc3cnc(NC(=O)C4CC4)s3)c(C)cc2OC)C[C@H]1CC.C=CC(=O)N1CCN(C(=O)c2cc(Sc3cnc(NC(=O)c4ccsc4)s3)c(C)cc2C)CC1.C=CC(=O)N1CCN(C(=O)c2cc(Sc3cnc(NC(=O)c4cnn(C)c4)s3)c(C)cc2C)CC1. The molecule has 0 spiro atoms. The number of carbonyl (C=O) groups is 12. The molecule has 140 heavy (non-hydrogen) atoms. The Morgan fingerprint density at radius 3 is 1.27 bits per heavy atom. The third-order valence-corrected chi connectivity index (χ3v) is 33.1. The van der Waals surface area contributed by atoms with Crippen LogP contribution >= 0.6 is 104 Å². The molecule has 0 bridgehead atoms. The molecule has 1 saturated carbocycles. The Morgan fingerprint density at radius 2 is 0.871 bits per heavy atom. The van der Waals surface area contributed by atoms with Gasteiger partial charge >= 0.3 is 6.03 Å². The monoisotopic (exact) mass is 2070 g/mol. The number of aryl methyl sites for hydroxylation is 7. The van der Waals surface area contributed by atoms with Gasteiger partial charge in [0.15, 0.2) is 26.3 Å². The molecule has 12 amide bonds. The van der Waals surface area contributed by atoms with Gasteiger partial charge in [-0.1, -0.05) is 145 Å². The summed E-state index contributed by atoms with van der Waals surface area (Å²) in [5.74, 6) is 0.153. The van der Waals surface area contributed by atoms with Crippen LogP contribution in [0.4, 0.5) is 25.3 Å². The van der Waals surface area contributed by atoms with Crippen molar-refractivity contribution >= 4 is 195 Å². The van der Waals surface area contributed by atoms with Gasteiger partial charge in [0, 0.05) is 166 Å². The summed E-state index contributed by atoms with van der Waals surface area (Å²) in [6, 6.07) is 16.9. The van der Waals surface area contributed by atoms with Gasteiger partial charge in [-0.3, -0.25) is 73.4 Å². The Balaban J connectivity index is 0.000000167. The predicted octanol–water partition coefficient (Wildman–Crippen LogP) is 17.6. The summed E-state index contributed by atoms with van der Waals surface area (Å²) in [7, 11) is 8.21. The van der Waals surface area contributed by atoms with Crippen molar-refractivity contribution in [3.63, 3.8) is 0 Å². The molecule has 5 aliphatic rings. The van der Waals surface area contributed by atoms with Gasteiger partial charge in [-0.25, -0.2) is 24.7 Å². The second-order valence-corrected chi connectivity index (χ2v) is 44.2. The highest BCUT2D eigenvalue weighted by molar-refractivity contribution is 8.02. The first-order valence-corrected chi connectivity index (χ1v) is 52.7. The molecular formula is C99H114N18O14S9. The summed E-state index contributed by atoms with van der Waals surface area (Å²) in [5.41, 5.74) is 9.28. The van der Waals surface area contributed by atoms with Crippen molar-refractivity contribution in [2.45, 2.75) is 136 Å². The Labute approximate surface area is 851 Å².